The summed E-state index contributed by atoms with van der Waals surface area (Å²) < 4.78 is 0. The first-order valence-corrected chi connectivity index (χ1v) is 7.67. The van der Waals surface area contributed by atoms with Crippen molar-refractivity contribution in [3.05, 3.63) is 70.3 Å². The first-order chi connectivity index (χ1) is 10.1. The van der Waals surface area contributed by atoms with Gasteiger partial charge in [-0.25, -0.2) is 0 Å². The van der Waals surface area contributed by atoms with Gasteiger partial charge in [0.2, 0.25) is 0 Å². The Hall–Kier alpha value is -1.64. The van der Waals surface area contributed by atoms with Crippen molar-refractivity contribution in [2.75, 3.05) is 0 Å². The van der Waals surface area contributed by atoms with Crippen LogP contribution in [0.1, 0.15) is 34.2 Å². The molecule has 0 spiro atoms. The Bertz CT molecular complexity index is 570. The molecule has 2 aromatic rings. The van der Waals surface area contributed by atoms with Crippen LogP contribution in [-0.2, 0) is 12.8 Å². The van der Waals surface area contributed by atoms with Crippen LogP contribution >= 0.6 is 0 Å². The molecule has 0 saturated carbocycles. The molecule has 0 aromatic heterocycles. The monoisotopic (exact) mass is 282 g/mol. The molecule has 2 rings (SSSR count). The smallest absolute Gasteiger partial charge is 0.0254 e. The van der Waals surface area contributed by atoms with Crippen LogP contribution in [0.5, 0.6) is 0 Å². The predicted molar refractivity (Wildman–Crippen MR) is 90.2 cm³/mol. The number of hydrogen-bond acceptors (Lipinski definition) is 2. The molecular formula is C19H26N2. The number of hydrazine groups is 1. The van der Waals surface area contributed by atoms with Gasteiger partial charge in [0.15, 0.2) is 0 Å². The zero-order chi connectivity index (χ0) is 15.2. The van der Waals surface area contributed by atoms with Gasteiger partial charge < -0.3 is 0 Å². The van der Waals surface area contributed by atoms with E-state index in [4.69, 9.17) is 5.84 Å². The van der Waals surface area contributed by atoms with Crippen LogP contribution in [0.15, 0.2) is 42.5 Å². The topological polar surface area (TPSA) is 38.0 Å². The molecule has 0 amide bonds. The Morgan fingerprint density at radius 2 is 1.52 bits per heavy atom. The van der Waals surface area contributed by atoms with Crippen molar-refractivity contribution >= 4 is 0 Å². The molecule has 0 heterocycles. The van der Waals surface area contributed by atoms with Crippen LogP contribution in [0.3, 0.4) is 0 Å². The van der Waals surface area contributed by atoms with Crippen LogP contribution in [0.4, 0.5) is 0 Å². The van der Waals surface area contributed by atoms with Gasteiger partial charge in [0.25, 0.3) is 0 Å². The summed E-state index contributed by atoms with van der Waals surface area (Å²) >= 11 is 0. The van der Waals surface area contributed by atoms with Crippen LogP contribution in [0.25, 0.3) is 0 Å². The highest BCUT2D eigenvalue weighted by molar-refractivity contribution is 5.34. The fourth-order valence-electron chi connectivity index (χ4n) is 2.88. The molecule has 112 valence electrons. The zero-order valence-corrected chi connectivity index (χ0v) is 13.3. The van der Waals surface area contributed by atoms with Crippen molar-refractivity contribution in [1.82, 2.24) is 5.43 Å². The van der Waals surface area contributed by atoms with E-state index < -0.39 is 0 Å². The molecule has 0 fully saturated rings. The first-order valence-electron chi connectivity index (χ1n) is 7.67. The molecule has 0 aliphatic rings. The summed E-state index contributed by atoms with van der Waals surface area (Å²) in [7, 11) is 0. The highest BCUT2D eigenvalue weighted by Gasteiger charge is 2.12. The SMILES string of the molecule is Cc1ccccc1CCC(Cc1c(C)cccc1C)NN. The highest BCUT2D eigenvalue weighted by Crippen LogP contribution is 2.18. The molecule has 0 saturated heterocycles. The summed E-state index contributed by atoms with van der Waals surface area (Å²) in [5.41, 5.74) is 9.90. The van der Waals surface area contributed by atoms with E-state index in [0.717, 1.165) is 19.3 Å². The van der Waals surface area contributed by atoms with Gasteiger partial charge in [0.05, 0.1) is 0 Å². The molecule has 21 heavy (non-hydrogen) atoms. The van der Waals surface area contributed by atoms with Gasteiger partial charge in [0, 0.05) is 6.04 Å². The second-order valence-electron chi connectivity index (χ2n) is 5.90. The van der Waals surface area contributed by atoms with E-state index in [-0.39, 0.29) is 0 Å². The van der Waals surface area contributed by atoms with Gasteiger partial charge in [0.1, 0.15) is 0 Å². The van der Waals surface area contributed by atoms with E-state index in [2.05, 4.69) is 68.7 Å². The molecule has 0 aliphatic carbocycles. The molecule has 0 bridgehead atoms. The quantitative estimate of drug-likeness (QED) is 0.627. The lowest BCUT2D eigenvalue weighted by molar-refractivity contribution is 0.489. The van der Waals surface area contributed by atoms with Crippen molar-refractivity contribution in [3.63, 3.8) is 0 Å². The Labute approximate surface area is 128 Å². The summed E-state index contributed by atoms with van der Waals surface area (Å²) in [6.45, 7) is 6.53. The lowest BCUT2D eigenvalue weighted by Gasteiger charge is -2.19. The molecule has 2 nitrogen and oxygen atoms in total. The lowest BCUT2D eigenvalue weighted by Crippen LogP contribution is -2.37. The van der Waals surface area contributed by atoms with Gasteiger partial charge >= 0.3 is 0 Å². The molecule has 3 N–H and O–H groups in total. The number of benzene rings is 2. The van der Waals surface area contributed by atoms with Crippen molar-refractivity contribution in [1.29, 1.82) is 0 Å². The van der Waals surface area contributed by atoms with E-state index in [1.54, 1.807) is 0 Å². The third-order valence-electron chi connectivity index (χ3n) is 4.35. The van der Waals surface area contributed by atoms with E-state index in [0.29, 0.717) is 6.04 Å². The molecule has 0 aliphatic heterocycles. The standard InChI is InChI=1S/C19H26N2/c1-14-7-4-5-10-17(14)11-12-18(21-20)13-19-15(2)8-6-9-16(19)3/h4-10,18,21H,11-13,20H2,1-3H3. The van der Waals surface area contributed by atoms with E-state index in [1.807, 2.05) is 0 Å². The van der Waals surface area contributed by atoms with Gasteiger partial charge in [-0.3, -0.25) is 11.3 Å². The van der Waals surface area contributed by atoms with E-state index >= 15 is 0 Å². The van der Waals surface area contributed by atoms with E-state index in [9.17, 15) is 0 Å². The van der Waals surface area contributed by atoms with Gasteiger partial charge in [-0.15, -0.1) is 0 Å². The number of rotatable bonds is 6. The first kappa shape index (κ1) is 15.7. The highest BCUT2D eigenvalue weighted by atomic mass is 15.2. The minimum atomic E-state index is 0.310. The largest absolute Gasteiger partial charge is 0.271 e. The molecule has 0 radical (unpaired) electrons. The summed E-state index contributed by atoms with van der Waals surface area (Å²) in [4.78, 5) is 0. The maximum atomic E-state index is 5.77. The normalized spacial score (nSPS) is 12.4. The number of nitrogens with one attached hydrogen (secondary N) is 1. The molecular weight excluding hydrogens is 256 g/mol. The molecule has 1 unspecified atom stereocenters. The summed E-state index contributed by atoms with van der Waals surface area (Å²) in [6.07, 6.45) is 3.10. The third-order valence-corrected chi connectivity index (χ3v) is 4.35. The summed E-state index contributed by atoms with van der Waals surface area (Å²) in [6, 6.07) is 15.4. The number of nitrogens with two attached hydrogens (primary N) is 1. The second-order valence-corrected chi connectivity index (χ2v) is 5.90. The van der Waals surface area contributed by atoms with Crippen LogP contribution in [-0.4, -0.2) is 6.04 Å². The lowest BCUT2D eigenvalue weighted by atomic mass is 9.93. The molecule has 2 heteroatoms. The van der Waals surface area contributed by atoms with Crippen molar-refractivity contribution < 1.29 is 0 Å². The Balaban J connectivity index is 2.02. The fourth-order valence-corrected chi connectivity index (χ4v) is 2.88. The average molecular weight is 282 g/mol. The maximum absolute atomic E-state index is 5.77. The second kappa shape index (κ2) is 7.39. The Morgan fingerprint density at radius 3 is 2.14 bits per heavy atom. The van der Waals surface area contributed by atoms with Crippen molar-refractivity contribution in [2.45, 2.75) is 46.1 Å². The van der Waals surface area contributed by atoms with Gasteiger partial charge in [-0.05, 0) is 67.9 Å². The maximum Gasteiger partial charge on any atom is 0.0254 e. The van der Waals surface area contributed by atoms with Gasteiger partial charge in [-0.1, -0.05) is 42.5 Å². The average Bonchev–Trinajstić information content (AvgIpc) is 2.48. The van der Waals surface area contributed by atoms with Crippen molar-refractivity contribution in [3.8, 4) is 0 Å². The zero-order valence-electron chi connectivity index (χ0n) is 13.3. The molecule has 2 aromatic carbocycles. The van der Waals surface area contributed by atoms with E-state index in [1.165, 1.54) is 27.8 Å². The van der Waals surface area contributed by atoms with Gasteiger partial charge in [-0.2, -0.15) is 0 Å². The summed E-state index contributed by atoms with van der Waals surface area (Å²) in [5, 5.41) is 0. The van der Waals surface area contributed by atoms with Crippen molar-refractivity contribution in [2.24, 2.45) is 5.84 Å². The number of hydrogen-bond donors (Lipinski definition) is 2. The minimum Gasteiger partial charge on any atom is -0.271 e. The third kappa shape index (κ3) is 4.16. The Morgan fingerprint density at radius 1 is 0.905 bits per heavy atom. The van der Waals surface area contributed by atoms with Crippen LogP contribution in [0.2, 0.25) is 0 Å². The minimum absolute atomic E-state index is 0.310. The molecule has 1 atom stereocenters. The summed E-state index contributed by atoms with van der Waals surface area (Å²) in [5.74, 6) is 5.77. The number of aryl methyl sites for hydroxylation is 4. The Kier molecular flexibility index (Phi) is 5.54. The predicted octanol–water partition coefficient (Wildman–Crippen LogP) is 3.62. The van der Waals surface area contributed by atoms with Crippen LogP contribution < -0.4 is 11.3 Å². The fraction of sp³-hybridized carbons (Fsp3) is 0.368. The van der Waals surface area contributed by atoms with Crippen LogP contribution in [0, 0.1) is 20.8 Å².